The fourth-order valence-corrected chi connectivity index (χ4v) is 7.44. The number of ketones is 1. The lowest BCUT2D eigenvalue weighted by Crippen LogP contribution is -2.54. The first-order chi connectivity index (χ1) is 15.3. The van der Waals surface area contributed by atoms with Crippen molar-refractivity contribution in [1.29, 1.82) is 0 Å². The van der Waals surface area contributed by atoms with Crippen LogP contribution in [0, 0.1) is 41.4 Å². The van der Waals surface area contributed by atoms with Crippen molar-refractivity contribution in [2.75, 3.05) is 0 Å². The topological polar surface area (TPSA) is 83.8 Å². The minimum absolute atomic E-state index is 0.00494. The van der Waals surface area contributed by atoms with Gasteiger partial charge in [0, 0.05) is 17.8 Å². The summed E-state index contributed by atoms with van der Waals surface area (Å²) in [6.07, 6.45) is 12.2. The molecule has 5 rings (SSSR count). The van der Waals surface area contributed by atoms with Crippen LogP contribution >= 0.6 is 0 Å². The van der Waals surface area contributed by atoms with Gasteiger partial charge in [0.2, 0.25) is 0 Å². The van der Waals surface area contributed by atoms with Crippen LogP contribution in [0.5, 0.6) is 5.75 Å². The quantitative estimate of drug-likeness (QED) is 0.542. The van der Waals surface area contributed by atoms with Gasteiger partial charge in [0.05, 0.1) is 0 Å². The molecule has 7 atom stereocenters. The van der Waals surface area contributed by atoms with Gasteiger partial charge in [-0.2, -0.15) is 0 Å². The molecule has 1 aromatic carbocycles. The van der Waals surface area contributed by atoms with Gasteiger partial charge in [-0.1, -0.05) is 30.6 Å². The Hall–Kier alpha value is -2.58. The summed E-state index contributed by atoms with van der Waals surface area (Å²) in [7, 11) is 0. The number of benzene rings is 1. The largest absolute Gasteiger partial charge is 0.507 e. The Kier molecular flexibility index (Phi) is 4.98. The Morgan fingerprint density at radius 3 is 2.72 bits per heavy atom. The lowest BCUT2D eigenvalue weighted by molar-refractivity contribution is -0.122. The van der Waals surface area contributed by atoms with E-state index >= 15 is 0 Å². The van der Waals surface area contributed by atoms with Crippen molar-refractivity contribution in [1.82, 2.24) is 0 Å². The summed E-state index contributed by atoms with van der Waals surface area (Å²) in [5.41, 5.74) is -0.143. The number of phenols is 1. The van der Waals surface area contributed by atoms with Crippen LogP contribution in [-0.2, 0) is 9.53 Å². The molecule has 3 saturated carbocycles. The van der Waals surface area contributed by atoms with Gasteiger partial charge < -0.3 is 14.9 Å². The summed E-state index contributed by atoms with van der Waals surface area (Å²) in [5, 5.41) is 21.2. The molecule has 0 aliphatic heterocycles. The Morgan fingerprint density at radius 2 is 1.97 bits per heavy atom. The highest BCUT2D eigenvalue weighted by Crippen LogP contribution is 2.64. The van der Waals surface area contributed by atoms with Crippen LogP contribution in [0.2, 0.25) is 0 Å². The predicted octanol–water partition coefficient (Wildman–Crippen LogP) is 4.03. The number of ether oxygens (including phenoxy) is 1. The van der Waals surface area contributed by atoms with E-state index in [1.165, 1.54) is 12.1 Å². The smallest absolute Gasteiger partial charge is 0.342 e. The van der Waals surface area contributed by atoms with Gasteiger partial charge in [0.1, 0.15) is 23.0 Å². The van der Waals surface area contributed by atoms with Gasteiger partial charge >= 0.3 is 5.97 Å². The monoisotopic (exact) mass is 434 g/mol. The molecule has 32 heavy (non-hydrogen) atoms. The normalized spacial score (nSPS) is 40.3. The summed E-state index contributed by atoms with van der Waals surface area (Å²) in [4.78, 5) is 25.3. The third kappa shape index (κ3) is 3.03. The maximum absolute atomic E-state index is 12.9. The van der Waals surface area contributed by atoms with Crippen LogP contribution in [0.3, 0.4) is 0 Å². The molecule has 0 bridgehead atoms. The molecule has 0 amide bonds. The van der Waals surface area contributed by atoms with E-state index < -0.39 is 17.7 Å². The first kappa shape index (κ1) is 21.3. The molecule has 1 aromatic rings. The second-order valence-electron chi connectivity index (χ2n) is 10.3. The second kappa shape index (κ2) is 7.49. The summed E-state index contributed by atoms with van der Waals surface area (Å²) in [5.74, 6) is 3.00. The maximum Gasteiger partial charge on any atom is 0.342 e. The van der Waals surface area contributed by atoms with E-state index in [0.717, 1.165) is 37.7 Å². The van der Waals surface area contributed by atoms with Crippen molar-refractivity contribution in [3.8, 4) is 18.1 Å². The number of carbonyl (C=O) groups excluding carboxylic acids is 2. The molecule has 3 fully saturated rings. The van der Waals surface area contributed by atoms with Gasteiger partial charge in [0.25, 0.3) is 0 Å². The Labute approximate surface area is 188 Å². The number of esters is 1. The van der Waals surface area contributed by atoms with Crippen LogP contribution in [0.1, 0.15) is 62.2 Å². The molecule has 2 N–H and O–H groups in total. The molecular formula is C27H30O5. The Morgan fingerprint density at radius 1 is 1.19 bits per heavy atom. The first-order valence-corrected chi connectivity index (χ1v) is 11.7. The molecular weight excluding hydrogens is 404 g/mol. The van der Waals surface area contributed by atoms with Gasteiger partial charge in [-0.15, -0.1) is 6.42 Å². The summed E-state index contributed by atoms with van der Waals surface area (Å²) < 4.78 is 5.90. The lowest BCUT2D eigenvalue weighted by Gasteiger charge is -2.55. The highest BCUT2D eigenvalue weighted by Gasteiger charge is 2.62. The van der Waals surface area contributed by atoms with Crippen molar-refractivity contribution >= 4 is 11.8 Å². The standard InChI is InChI=1S/C27H30O5/c1-3-27(31)13-11-21-18-9-8-16-14-17(28)15-23(24(16)19(18)10-12-26(21,27)2)32-25(30)20-6-4-5-7-22(20)29/h1,4-7,14,18-19,21,23-24,29,31H,8-13,15H2,2H3/t18-,19+,21+,23?,24+,26+,27+/m1/s1. The van der Waals surface area contributed by atoms with Gasteiger partial charge in [-0.05, 0) is 74.5 Å². The molecule has 0 spiro atoms. The van der Waals surface area contributed by atoms with Gasteiger partial charge in [-0.3, -0.25) is 4.79 Å². The highest BCUT2D eigenvalue weighted by molar-refractivity contribution is 5.94. The van der Waals surface area contributed by atoms with Crippen molar-refractivity contribution < 1.29 is 24.5 Å². The maximum atomic E-state index is 12.9. The van der Waals surface area contributed by atoms with E-state index in [1.54, 1.807) is 18.2 Å². The Bertz CT molecular complexity index is 1030. The fraction of sp³-hybridized carbons (Fsp3) is 0.556. The number of terminal acetylenes is 1. The van der Waals surface area contributed by atoms with Crippen LogP contribution in [0.15, 0.2) is 35.9 Å². The molecule has 0 aromatic heterocycles. The predicted molar refractivity (Wildman–Crippen MR) is 119 cm³/mol. The minimum atomic E-state index is -1.06. The van der Waals surface area contributed by atoms with E-state index in [1.807, 2.05) is 0 Å². The lowest BCUT2D eigenvalue weighted by atomic mass is 9.50. The van der Waals surface area contributed by atoms with E-state index in [2.05, 4.69) is 12.8 Å². The summed E-state index contributed by atoms with van der Waals surface area (Å²) >= 11 is 0. The third-order valence-electron chi connectivity index (χ3n) is 9.07. The van der Waals surface area contributed by atoms with E-state index in [4.69, 9.17) is 11.2 Å². The number of hydrogen-bond donors (Lipinski definition) is 2. The highest BCUT2D eigenvalue weighted by atomic mass is 16.5. The summed E-state index contributed by atoms with van der Waals surface area (Å²) in [6, 6.07) is 6.33. The molecule has 1 unspecified atom stereocenters. The SMILES string of the molecule is C#C[C@]1(O)CC[C@H]2[C@@H]3CCC4=CC(=O)CC(OC(=O)c5ccccc5O)[C@@H]4[C@H]3CC[C@@]21C. The third-order valence-corrected chi connectivity index (χ3v) is 9.07. The van der Waals surface area contributed by atoms with E-state index in [0.29, 0.717) is 24.2 Å². The molecule has 4 aliphatic rings. The minimum Gasteiger partial charge on any atom is -0.507 e. The van der Waals surface area contributed by atoms with Crippen molar-refractivity contribution in [3.63, 3.8) is 0 Å². The van der Waals surface area contributed by atoms with Crippen LogP contribution in [-0.4, -0.2) is 33.7 Å². The second-order valence-corrected chi connectivity index (χ2v) is 10.3. The molecule has 4 aliphatic carbocycles. The number of rotatable bonds is 2. The molecule has 0 heterocycles. The number of aromatic hydroxyl groups is 1. The van der Waals surface area contributed by atoms with Gasteiger partial charge in [-0.25, -0.2) is 4.79 Å². The number of aliphatic hydroxyl groups is 1. The van der Waals surface area contributed by atoms with Crippen molar-refractivity contribution in [2.24, 2.45) is 29.1 Å². The first-order valence-electron chi connectivity index (χ1n) is 11.7. The molecule has 168 valence electrons. The van der Waals surface area contributed by atoms with E-state index in [9.17, 15) is 19.8 Å². The van der Waals surface area contributed by atoms with Crippen LogP contribution in [0.25, 0.3) is 0 Å². The zero-order valence-corrected chi connectivity index (χ0v) is 18.4. The number of fused-ring (bicyclic) bond motifs is 5. The average molecular weight is 435 g/mol. The number of carbonyl (C=O) groups is 2. The van der Waals surface area contributed by atoms with Crippen LogP contribution in [0.4, 0.5) is 0 Å². The average Bonchev–Trinajstić information content (AvgIpc) is 3.05. The Balaban J connectivity index is 1.44. The van der Waals surface area contributed by atoms with Crippen LogP contribution < -0.4 is 0 Å². The molecule has 5 heteroatoms. The number of para-hydroxylation sites is 1. The molecule has 5 nitrogen and oxygen atoms in total. The van der Waals surface area contributed by atoms with Gasteiger partial charge in [0.15, 0.2) is 5.78 Å². The zero-order chi connectivity index (χ0) is 22.7. The summed E-state index contributed by atoms with van der Waals surface area (Å²) in [6.45, 7) is 2.15. The fourth-order valence-electron chi connectivity index (χ4n) is 7.44. The number of hydrogen-bond acceptors (Lipinski definition) is 5. The van der Waals surface area contributed by atoms with Crippen molar-refractivity contribution in [3.05, 3.63) is 41.5 Å². The zero-order valence-electron chi connectivity index (χ0n) is 18.4. The van der Waals surface area contributed by atoms with Crippen molar-refractivity contribution in [2.45, 2.75) is 63.6 Å². The molecule has 0 saturated heterocycles. The molecule has 0 radical (unpaired) electrons. The number of phenolic OH excluding ortho intramolecular Hbond substituents is 1. The van der Waals surface area contributed by atoms with E-state index in [-0.39, 0.29) is 34.8 Å².